The molecule has 1 aromatic carbocycles. The number of nitrogens with two attached hydrogens (primary N) is 1. The number of hydrogen-bond acceptors (Lipinski definition) is 8. The van der Waals surface area contributed by atoms with Crippen LogP contribution in [0.4, 0.5) is 0 Å². The van der Waals surface area contributed by atoms with E-state index in [9.17, 15) is 4.79 Å². The molecule has 1 fully saturated rings. The number of nitrogens with zero attached hydrogens (tertiary/aromatic N) is 2. The van der Waals surface area contributed by atoms with E-state index in [4.69, 9.17) is 20.9 Å². The minimum Gasteiger partial charge on any atom is -0.484 e. The van der Waals surface area contributed by atoms with E-state index in [2.05, 4.69) is 5.32 Å². The molecule has 3 heterocycles. The number of nitrogen functional groups attached to an aromatic ring is 1. The van der Waals surface area contributed by atoms with Crippen LogP contribution in [0.2, 0.25) is 0 Å². The number of ether oxygens (including phenoxy) is 1. The largest absolute Gasteiger partial charge is 0.484 e. The van der Waals surface area contributed by atoms with Gasteiger partial charge in [-0.3, -0.25) is 10.2 Å². The van der Waals surface area contributed by atoms with Crippen LogP contribution in [0, 0.1) is 5.41 Å². The smallest absolute Gasteiger partial charge is 0.260 e. The van der Waals surface area contributed by atoms with Crippen LogP contribution >= 0.6 is 34.4 Å². The lowest BCUT2D eigenvalue weighted by Gasteiger charge is -2.27. The van der Waals surface area contributed by atoms with Gasteiger partial charge >= 0.3 is 0 Å². The summed E-state index contributed by atoms with van der Waals surface area (Å²) in [4.78, 5) is 20.7. The van der Waals surface area contributed by atoms with E-state index in [-0.39, 0.29) is 18.3 Å². The Morgan fingerprint density at radius 1 is 1.32 bits per heavy atom. The summed E-state index contributed by atoms with van der Waals surface area (Å²) in [5.74, 6) is 0.735. The number of amides is 1. The first kappa shape index (κ1) is 21.8. The van der Waals surface area contributed by atoms with E-state index in [0.717, 1.165) is 57.8 Å². The molecule has 31 heavy (non-hydrogen) atoms. The van der Waals surface area contributed by atoms with Gasteiger partial charge in [-0.15, -0.1) is 34.4 Å². The van der Waals surface area contributed by atoms with Gasteiger partial charge in [0, 0.05) is 53.0 Å². The minimum atomic E-state index is 0.00572. The van der Waals surface area contributed by atoms with Gasteiger partial charge < -0.3 is 20.7 Å². The normalized spacial score (nSPS) is 13.9. The fourth-order valence-electron chi connectivity index (χ4n) is 3.31. The highest BCUT2D eigenvalue weighted by Gasteiger charge is 2.18. The zero-order valence-electron chi connectivity index (χ0n) is 17.0. The Balaban J connectivity index is 1.48. The zero-order valence-corrected chi connectivity index (χ0v) is 19.5. The molecule has 0 spiro atoms. The maximum Gasteiger partial charge on any atom is 0.260 e. The molecule has 0 bridgehead atoms. The Morgan fingerprint density at radius 3 is 2.87 bits per heavy atom. The van der Waals surface area contributed by atoms with E-state index in [1.165, 1.54) is 11.3 Å². The van der Waals surface area contributed by atoms with Gasteiger partial charge in [0.25, 0.3) is 5.91 Å². The highest BCUT2D eigenvalue weighted by atomic mass is 32.2. The quantitative estimate of drug-likeness (QED) is 0.276. The lowest BCUT2D eigenvalue weighted by atomic mass is 10.1. The van der Waals surface area contributed by atoms with Gasteiger partial charge in [-0.25, -0.2) is 4.98 Å². The van der Waals surface area contributed by atoms with Crippen molar-refractivity contribution in [1.82, 2.24) is 15.2 Å². The Labute approximate surface area is 193 Å². The third-order valence-electron chi connectivity index (χ3n) is 4.89. The number of piperazine rings is 1. The van der Waals surface area contributed by atoms with Crippen LogP contribution in [0.25, 0.3) is 21.8 Å². The molecule has 1 amide bonds. The number of carbonyl (C=O) groups is 1. The number of nitrogens with one attached hydrogen (secondary N) is 2. The average Bonchev–Trinajstić information content (AvgIpc) is 3.45. The van der Waals surface area contributed by atoms with Gasteiger partial charge in [-0.2, -0.15) is 0 Å². The van der Waals surface area contributed by atoms with Gasteiger partial charge in [0.05, 0.1) is 10.6 Å². The molecule has 1 aliphatic heterocycles. The van der Waals surface area contributed by atoms with Gasteiger partial charge in [-0.05, 0) is 18.4 Å². The van der Waals surface area contributed by atoms with Crippen molar-refractivity contribution in [3.05, 3.63) is 39.9 Å². The predicted octanol–water partition coefficient (Wildman–Crippen LogP) is 3.36. The van der Waals surface area contributed by atoms with Crippen LogP contribution < -0.4 is 15.8 Å². The summed E-state index contributed by atoms with van der Waals surface area (Å²) in [6, 6.07) is 7.65. The Bertz CT molecular complexity index is 1090. The summed E-state index contributed by atoms with van der Waals surface area (Å²) in [7, 11) is 0. The first-order valence-electron chi connectivity index (χ1n) is 9.74. The van der Waals surface area contributed by atoms with E-state index in [1.54, 1.807) is 23.1 Å². The number of thiazole rings is 1. The molecule has 3 aromatic rings. The zero-order chi connectivity index (χ0) is 21.8. The lowest BCUT2D eigenvalue weighted by Crippen LogP contribution is -2.47. The number of carbonyl (C=O) groups excluding carboxylic acids is 1. The van der Waals surface area contributed by atoms with E-state index >= 15 is 0 Å². The molecular weight excluding hydrogens is 450 g/mol. The highest BCUT2D eigenvalue weighted by Crippen LogP contribution is 2.40. The molecule has 0 atom stereocenters. The number of thioether (sulfide) groups is 1. The summed E-state index contributed by atoms with van der Waals surface area (Å²) in [6.07, 6.45) is 1.98. The molecular formula is C21H23N5O2S3. The summed E-state index contributed by atoms with van der Waals surface area (Å²) >= 11 is 4.60. The van der Waals surface area contributed by atoms with Crippen molar-refractivity contribution in [2.45, 2.75) is 4.90 Å². The van der Waals surface area contributed by atoms with E-state index < -0.39 is 0 Å². The average molecular weight is 474 g/mol. The van der Waals surface area contributed by atoms with Crippen LogP contribution in [0.3, 0.4) is 0 Å². The Hall–Kier alpha value is -2.40. The number of aromatic nitrogens is 1. The number of benzene rings is 1. The molecule has 1 aliphatic rings. The topological polar surface area (TPSA) is 104 Å². The maximum atomic E-state index is 12.3. The number of hydrogen-bond donors (Lipinski definition) is 3. The molecule has 10 heteroatoms. The van der Waals surface area contributed by atoms with Crippen molar-refractivity contribution in [3.63, 3.8) is 0 Å². The van der Waals surface area contributed by atoms with E-state index in [1.807, 2.05) is 46.2 Å². The van der Waals surface area contributed by atoms with Crippen molar-refractivity contribution in [2.75, 3.05) is 39.0 Å². The molecule has 0 radical (unpaired) electrons. The second kappa shape index (κ2) is 9.82. The van der Waals surface area contributed by atoms with Gasteiger partial charge in [-0.1, -0.05) is 12.1 Å². The molecule has 2 aromatic heterocycles. The number of thiophene rings is 1. The van der Waals surface area contributed by atoms with Crippen molar-refractivity contribution >= 4 is 46.2 Å². The molecule has 4 rings (SSSR count). The third kappa shape index (κ3) is 4.93. The predicted molar refractivity (Wildman–Crippen MR) is 129 cm³/mol. The summed E-state index contributed by atoms with van der Waals surface area (Å²) in [5.41, 5.74) is 8.50. The minimum absolute atomic E-state index is 0.00572. The molecule has 0 saturated carbocycles. The van der Waals surface area contributed by atoms with E-state index in [0.29, 0.717) is 5.75 Å². The molecule has 4 N–H and O–H groups in total. The molecule has 162 valence electrons. The Kier molecular flexibility index (Phi) is 6.91. The highest BCUT2D eigenvalue weighted by molar-refractivity contribution is 7.99. The summed E-state index contributed by atoms with van der Waals surface area (Å²) in [5, 5.41) is 15.9. The number of rotatable bonds is 7. The van der Waals surface area contributed by atoms with Crippen molar-refractivity contribution in [3.8, 4) is 27.6 Å². The summed E-state index contributed by atoms with van der Waals surface area (Å²) in [6.45, 7) is 3.12. The molecule has 7 nitrogen and oxygen atoms in total. The van der Waals surface area contributed by atoms with Crippen molar-refractivity contribution in [1.29, 1.82) is 5.41 Å². The first-order chi connectivity index (χ1) is 15.1. The van der Waals surface area contributed by atoms with Crippen LogP contribution in [-0.4, -0.2) is 60.7 Å². The number of amidine groups is 1. The maximum absolute atomic E-state index is 12.3. The van der Waals surface area contributed by atoms with Crippen molar-refractivity contribution < 1.29 is 9.53 Å². The van der Waals surface area contributed by atoms with Crippen LogP contribution in [0.1, 0.15) is 4.88 Å². The second-order valence-corrected chi connectivity index (χ2v) is 9.46. The SMILES string of the molecule is CSc1c(-c2nc(-c3cccc(OCC(=O)N4CCNCC4)c3)cs2)csc1C(=N)N. The van der Waals surface area contributed by atoms with Crippen LogP contribution in [0.5, 0.6) is 5.75 Å². The monoisotopic (exact) mass is 473 g/mol. The fourth-order valence-corrected chi connectivity index (χ4v) is 6.25. The fraction of sp³-hybridized carbons (Fsp3) is 0.286. The Morgan fingerprint density at radius 2 is 2.13 bits per heavy atom. The summed E-state index contributed by atoms with van der Waals surface area (Å²) < 4.78 is 5.77. The third-order valence-corrected chi connectivity index (χ3v) is 7.74. The molecule has 1 saturated heterocycles. The second-order valence-electron chi connectivity index (χ2n) is 6.91. The van der Waals surface area contributed by atoms with Gasteiger partial charge in [0.1, 0.15) is 16.6 Å². The molecule has 0 unspecified atom stereocenters. The van der Waals surface area contributed by atoms with Crippen LogP contribution in [0.15, 0.2) is 39.9 Å². The van der Waals surface area contributed by atoms with Gasteiger partial charge in [0.15, 0.2) is 6.61 Å². The first-order valence-corrected chi connectivity index (χ1v) is 12.7. The molecule has 0 aliphatic carbocycles. The van der Waals surface area contributed by atoms with Crippen LogP contribution in [-0.2, 0) is 4.79 Å². The van der Waals surface area contributed by atoms with Crippen molar-refractivity contribution in [2.24, 2.45) is 5.73 Å². The lowest BCUT2D eigenvalue weighted by molar-refractivity contribution is -0.133. The standard InChI is InChI=1S/C21H23N5O2S3/c1-29-18-15(11-30-19(18)20(22)23)21-25-16(12-31-21)13-3-2-4-14(9-13)28-10-17(27)26-7-5-24-6-8-26/h2-4,9,11-12,24H,5-8,10H2,1H3,(H3,22,23). The van der Waals surface area contributed by atoms with Gasteiger partial charge in [0.2, 0.25) is 0 Å².